The minimum absolute atomic E-state index is 0.363. The van der Waals surface area contributed by atoms with E-state index < -0.39 is 0 Å². The first kappa shape index (κ1) is 14.0. The van der Waals surface area contributed by atoms with E-state index in [0.29, 0.717) is 16.7 Å². The van der Waals surface area contributed by atoms with Crippen LogP contribution in [-0.2, 0) is 4.79 Å². The normalized spacial score (nSPS) is 25.8. The van der Waals surface area contributed by atoms with Crippen molar-refractivity contribution in [2.24, 2.45) is 5.92 Å². The molecule has 1 aliphatic rings. The molecule has 1 saturated heterocycles. The molecule has 0 saturated carbocycles. The van der Waals surface area contributed by atoms with Crippen LogP contribution in [0.1, 0.15) is 52.4 Å². The lowest BCUT2D eigenvalue weighted by molar-refractivity contribution is -0.132. The lowest BCUT2D eigenvalue weighted by atomic mass is 9.99. The van der Waals surface area contributed by atoms with Crippen LogP contribution in [0.15, 0.2) is 0 Å². The van der Waals surface area contributed by atoms with Crippen molar-refractivity contribution >= 4 is 21.8 Å². The van der Waals surface area contributed by atoms with Gasteiger partial charge in [-0.05, 0) is 18.8 Å². The Balaban J connectivity index is 2.21. The van der Waals surface area contributed by atoms with E-state index in [1.165, 1.54) is 19.3 Å². The number of piperidine rings is 1. The molecule has 1 rings (SSSR count). The van der Waals surface area contributed by atoms with Crippen molar-refractivity contribution in [2.75, 3.05) is 13.1 Å². The molecule has 16 heavy (non-hydrogen) atoms. The zero-order chi connectivity index (χ0) is 12.0. The van der Waals surface area contributed by atoms with Crippen molar-refractivity contribution < 1.29 is 4.79 Å². The quantitative estimate of drug-likeness (QED) is 0.560. The molecule has 2 atom stereocenters. The summed E-state index contributed by atoms with van der Waals surface area (Å²) in [6.07, 6.45) is 6.61. The van der Waals surface area contributed by atoms with Crippen molar-refractivity contribution in [3.8, 4) is 0 Å². The van der Waals surface area contributed by atoms with Gasteiger partial charge in [0.15, 0.2) is 0 Å². The highest BCUT2D eigenvalue weighted by Gasteiger charge is 2.26. The van der Waals surface area contributed by atoms with Gasteiger partial charge in [0.25, 0.3) is 0 Å². The largest absolute Gasteiger partial charge is 0.342 e. The van der Waals surface area contributed by atoms with Gasteiger partial charge < -0.3 is 4.90 Å². The first-order valence-corrected chi connectivity index (χ1v) is 7.48. The van der Waals surface area contributed by atoms with Crippen LogP contribution in [0.4, 0.5) is 0 Å². The zero-order valence-electron chi connectivity index (χ0n) is 10.5. The molecular weight excluding hydrogens is 266 g/mol. The van der Waals surface area contributed by atoms with Gasteiger partial charge >= 0.3 is 0 Å². The van der Waals surface area contributed by atoms with E-state index in [1.54, 1.807) is 0 Å². The average Bonchev–Trinajstić information content (AvgIpc) is 2.28. The molecule has 1 fully saturated rings. The molecule has 1 aliphatic heterocycles. The highest BCUT2D eigenvalue weighted by Crippen LogP contribution is 2.23. The predicted molar refractivity (Wildman–Crippen MR) is 71.8 cm³/mol. The summed E-state index contributed by atoms with van der Waals surface area (Å²) in [5, 5.41) is 0. The van der Waals surface area contributed by atoms with Gasteiger partial charge in [-0.25, -0.2) is 0 Å². The lowest BCUT2D eigenvalue weighted by Crippen LogP contribution is -2.43. The fraction of sp³-hybridized carbons (Fsp3) is 0.923. The Kier molecular flexibility index (Phi) is 6.40. The van der Waals surface area contributed by atoms with Crippen LogP contribution in [0.25, 0.3) is 0 Å². The molecule has 0 aromatic heterocycles. The molecular formula is C13H24BrNO. The summed E-state index contributed by atoms with van der Waals surface area (Å²) in [5.74, 6) is 0.954. The number of carbonyl (C=O) groups excluding carboxylic acids is 1. The first-order chi connectivity index (χ1) is 7.65. The molecule has 0 spiro atoms. The van der Waals surface area contributed by atoms with Crippen molar-refractivity contribution in [3.63, 3.8) is 0 Å². The summed E-state index contributed by atoms with van der Waals surface area (Å²) in [6, 6.07) is 0. The Morgan fingerprint density at radius 2 is 2.12 bits per heavy atom. The van der Waals surface area contributed by atoms with Gasteiger partial charge in [0.1, 0.15) is 0 Å². The number of rotatable bonds is 5. The van der Waals surface area contributed by atoms with Crippen molar-refractivity contribution in [1.29, 1.82) is 0 Å². The third-order valence-corrected chi connectivity index (χ3v) is 4.76. The maximum Gasteiger partial charge on any atom is 0.222 e. The van der Waals surface area contributed by atoms with Gasteiger partial charge in [0, 0.05) is 24.3 Å². The zero-order valence-corrected chi connectivity index (χ0v) is 12.1. The molecule has 0 aromatic rings. The van der Waals surface area contributed by atoms with E-state index in [0.717, 1.165) is 32.4 Å². The van der Waals surface area contributed by atoms with E-state index in [-0.39, 0.29) is 0 Å². The highest BCUT2D eigenvalue weighted by atomic mass is 79.9. The van der Waals surface area contributed by atoms with Gasteiger partial charge in [0.05, 0.1) is 0 Å². The van der Waals surface area contributed by atoms with Crippen LogP contribution >= 0.6 is 15.9 Å². The standard InChI is InChI=1S/C13H24BrNO/c1-3-4-5-6-7-13(16)15-9-8-12(14)11(2)10-15/h11-12H,3-10H2,1-2H3. The van der Waals surface area contributed by atoms with E-state index in [1.807, 2.05) is 4.90 Å². The Morgan fingerprint density at radius 3 is 2.75 bits per heavy atom. The second-order valence-corrected chi connectivity index (χ2v) is 6.11. The molecule has 0 N–H and O–H groups in total. The van der Waals surface area contributed by atoms with Crippen molar-refractivity contribution in [2.45, 2.75) is 57.2 Å². The molecule has 0 aromatic carbocycles. The van der Waals surface area contributed by atoms with E-state index in [4.69, 9.17) is 0 Å². The SMILES string of the molecule is CCCCCCC(=O)N1CCC(Br)C(C)C1. The van der Waals surface area contributed by atoms with Crippen LogP contribution in [0.3, 0.4) is 0 Å². The second kappa shape index (κ2) is 7.31. The summed E-state index contributed by atoms with van der Waals surface area (Å²) in [7, 11) is 0. The van der Waals surface area contributed by atoms with Gasteiger partial charge in [0.2, 0.25) is 5.91 Å². The fourth-order valence-electron chi connectivity index (χ4n) is 2.20. The Bertz CT molecular complexity index is 220. The highest BCUT2D eigenvalue weighted by molar-refractivity contribution is 9.09. The first-order valence-electron chi connectivity index (χ1n) is 6.57. The number of halogens is 1. The van der Waals surface area contributed by atoms with E-state index in [9.17, 15) is 4.79 Å². The van der Waals surface area contributed by atoms with Gasteiger partial charge in [-0.15, -0.1) is 0 Å². The summed E-state index contributed by atoms with van der Waals surface area (Å²) in [6.45, 7) is 6.29. The third kappa shape index (κ3) is 4.44. The summed E-state index contributed by atoms with van der Waals surface area (Å²) in [5.41, 5.74) is 0. The number of likely N-dealkylation sites (tertiary alicyclic amines) is 1. The number of carbonyl (C=O) groups is 1. The molecule has 1 heterocycles. The van der Waals surface area contributed by atoms with Crippen LogP contribution in [0.5, 0.6) is 0 Å². The number of alkyl halides is 1. The van der Waals surface area contributed by atoms with Gasteiger partial charge in [-0.1, -0.05) is 49.0 Å². The summed E-state index contributed by atoms with van der Waals surface area (Å²) >= 11 is 3.67. The lowest BCUT2D eigenvalue weighted by Gasteiger charge is -2.34. The molecule has 2 unspecified atom stereocenters. The molecule has 1 amide bonds. The van der Waals surface area contributed by atoms with Crippen molar-refractivity contribution in [3.05, 3.63) is 0 Å². The predicted octanol–water partition coefficient (Wildman–Crippen LogP) is 3.59. The maximum absolute atomic E-state index is 11.9. The molecule has 0 radical (unpaired) electrons. The second-order valence-electron chi connectivity index (χ2n) is 4.93. The van der Waals surface area contributed by atoms with Gasteiger partial charge in [-0.2, -0.15) is 0 Å². The summed E-state index contributed by atoms with van der Waals surface area (Å²) < 4.78 is 0. The van der Waals surface area contributed by atoms with Crippen molar-refractivity contribution in [1.82, 2.24) is 4.90 Å². The van der Waals surface area contributed by atoms with E-state index in [2.05, 4.69) is 29.8 Å². The van der Waals surface area contributed by atoms with Crippen LogP contribution < -0.4 is 0 Å². The molecule has 94 valence electrons. The average molecular weight is 290 g/mol. The minimum atomic E-state index is 0.363. The number of nitrogens with zero attached hydrogens (tertiary/aromatic N) is 1. The topological polar surface area (TPSA) is 20.3 Å². The molecule has 0 aliphatic carbocycles. The Morgan fingerprint density at radius 1 is 1.38 bits per heavy atom. The fourth-order valence-corrected chi connectivity index (χ4v) is 2.58. The number of amides is 1. The molecule has 2 nitrogen and oxygen atoms in total. The number of hydrogen-bond donors (Lipinski definition) is 0. The van der Waals surface area contributed by atoms with Gasteiger partial charge in [-0.3, -0.25) is 4.79 Å². The Labute approximate surface area is 108 Å². The summed E-state index contributed by atoms with van der Waals surface area (Å²) in [4.78, 5) is 14.6. The molecule has 3 heteroatoms. The third-order valence-electron chi connectivity index (χ3n) is 3.40. The molecule has 0 bridgehead atoms. The number of hydrogen-bond acceptors (Lipinski definition) is 1. The van der Waals surface area contributed by atoms with Crippen LogP contribution in [-0.4, -0.2) is 28.7 Å². The Hall–Kier alpha value is -0.0500. The van der Waals surface area contributed by atoms with Crippen LogP contribution in [0, 0.1) is 5.92 Å². The minimum Gasteiger partial charge on any atom is -0.342 e. The smallest absolute Gasteiger partial charge is 0.222 e. The van der Waals surface area contributed by atoms with Crippen LogP contribution in [0.2, 0.25) is 0 Å². The van der Waals surface area contributed by atoms with E-state index >= 15 is 0 Å². The maximum atomic E-state index is 11.9. The monoisotopic (exact) mass is 289 g/mol. The number of unbranched alkanes of at least 4 members (excludes halogenated alkanes) is 3.